The number of halogens is 3. The quantitative estimate of drug-likeness (QED) is 0.326. The molecule has 1 heterocycles. The van der Waals surface area contributed by atoms with Gasteiger partial charge in [-0.05, 0) is 94.9 Å². The molecule has 3 fully saturated rings. The molecular weight excluding hydrogens is 584 g/mol. The zero-order valence-electron chi connectivity index (χ0n) is 18.3. The van der Waals surface area contributed by atoms with Crippen LogP contribution < -0.4 is 4.90 Å². The van der Waals surface area contributed by atoms with E-state index in [2.05, 4.69) is 44.0 Å². The van der Waals surface area contributed by atoms with Gasteiger partial charge in [-0.2, -0.15) is 0 Å². The molecule has 1 aliphatic heterocycles. The van der Waals surface area contributed by atoms with Crippen LogP contribution in [-0.4, -0.2) is 29.3 Å². The first kappa shape index (κ1) is 22.5. The maximum atomic E-state index is 13.7. The number of likely N-dealkylation sites (tertiary alicyclic amines) is 1. The van der Waals surface area contributed by atoms with Crippen molar-refractivity contribution in [2.45, 2.75) is 13.3 Å². The van der Waals surface area contributed by atoms with E-state index in [-0.39, 0.29) is 48.1 Å². The smallest absolute Gasteiger partial charge is 0.259 e. The van der Waals surface area contributed by atoms with Gasteiger partial charge in [0.05, 0.1) is 22.5 Å². The molecule has 6 unspecified atom stereocenters. The van der Waals surface area contributed by atoms with E-state index in [1.165, 1.54) is 9.80 Å². The van der Waals surface area contributed by atoms with Crippen molar-refractivity contribution in [1.82, 2.24) is 4.90 Å². The highest BCUT2D eigenvalue weighted by Gasteiger charge is 2.67. The lowest BCUT2D eigenvalue weighted by molar-refractivity contribution is -0.140. The van der Waals surface area contributed by atoms with Crippen LogP contribution >= 0.6 is 43.5 Å². The molecule has 1 saturated heterocycles. The number of rotatable bonds is 4. The number of nitrogens with zero attached hydrogens (tertiary/aromatic N) is 2. The molecule has 8 heteroatoms. The van der Waals surface area contributed by atoms with Crippen LogP contribution in [0.4, 0.5) is 5.69 Å². The van der Waals surface area contributed by atoms with Crippen LogP contribution in [0, 0.1) is 42.4 Å². The molecule has 7 rings (SSSR count). The normalized spacial score (nSPS) is 30.4. The van der Waals surface area contributed by atoms with E-state index in [9.17, 15) is 14.4 Å². The minimum atomic E-state index is -0.300. The van der Waals surface area contributed by atoms with Gasteiger partial charge in [0.25, 0.3) is 5.91 Å². The SMILES string of the molecule is Cc1c(N(CN2C(=O)C3C4C=CC(C5CC45)C3C2=O)C(=O)c2ccc(Br)cc2)ccc(Br)c1Cl. The molecule has 0 N–H and O–H groups in total. The van der Waals surface area contributed by atoms with E-state index in [1.54, 1.807) is 36.4 Å². The molecule has 6 atom stereocenters. The summed E-state index contributed by atoms with van der Waals surface area (Å²) in [6.45, 7) is 1.70. The summed E-state index contributed by atoms with van der Waals surface area (Å²) in [4.78, 5) is 43.7. The number of imide groups is 1. The third-order valence-electron chi connectivity index (χ3n) is 7.97. The highest BCUT2D eigenvalue weighted by molar-refractivity contribution is 9.10. The second-order valence-electron chi connectivity index (χ2n) is 9.65. The molecule has 5 aliphatic rings. The van der Waals surface area contributed by atoms with Gasteiger partial charge in [-0.15, -0.1) is 0 Å². The minimum absolute atomic E-state index is 0.132. The lowest BCUT2D eigenvalue weighted by Gasteiger charge is -2.37. The van der Waals surface area contributed by atoms with Gasteiger partial charge in [0.1, 0.15) is 6.67 Å². The molecule has 34 heavy (non-hydrogen) atoms. The lowest BCUT2D eigenvalue weighted by atomic mass is 9.63. The van der Waals surface area contributed by atoms with Gasteiger partial charge in [0.15, 0.2) is 0 Å². The Hall–Kier alpha value is -1.96. The molecule has 4 aliphatic carbocycles. The van der Waals surface area contributed by atoms with Crippen molar-refractivity contribution in [3.05, 3.63) is 73.6 Å². The average Bonchev–Trinajstić information content (AvgIpc) is 3.62. The maximum Gasteiger partial charge on any atom is 0.259 e. The fourth-order valence-electron chi connectivity index (χ4n) is 6.23. The van der Waals surface area contributed by atoms with Crippen molar-refractivity contribution in [3.8, 4) is 0 Å². The number of anilines is 1. The number of allylic oxidation sites excluding steroid dienone is 2. The largest absolute Gasteiger partial charge is 0.289 e. The summed E-state index contributed by atoms with van der Waals surface area (Å²) in [5, 5.41) is 0.487. The van der Waals surface area contributed by atoms with Gasteiger partial charge in [0.2, 0.25) is 11.8 Å². The third kappa shape index (κ3) is 3.27. The van der Waals surface area contributed by atoms with E-state index in [0.29, 0.717) is 38.1 Å². The molecule has 0 radical (unpaired) electrons. The number of amides is 3. The Labute approximate surface area is 219 Å². The molecule has 2 aromatic carbocycles. The summed E-state index contributed by atoms with van der Waals surface area (Å²) in [6.07, 6.45) is 5.41. The molecule has 2 aromatic rings. The fourth-order valence-corrected chi connectivity index (χ4v) is 7.09. The molecule has 3 amide bonds. The third-order valence-corrected chi connectivity index (χ3v) is 9.88. The van der Waals surface area contributed by atoms with Gasteiger partial charge < -0.3 is 0 Å². The average molecular weight is 605 g/mol. The van der Waals surface area contributed by atoms with Gasteiger partial charge >= 0.3 is 0 Å². The summed E-state index contributed by atoms with van der Waals surface area (Å²) >= 11 is 13.3. The predicted molar refractivity (Wildman–Crippen MR) is 136 cm³/mol. The van der Waals surface area contributed by atoms with Crippen LogP contribution in [0.1, 0.15) is 22.3 Å². The van der Waals surface area contributed by atoms with Gasteiger partial charge in [-0.25, -0.2) is 0 Å². The Morgan fingerprint density at radius 1 is 1.00 bits per heavy atom. The molecule has 2 saturated carbocycles. The summed E-state index contributed by atoms with van der Waals surface area (Å²) in [7, 11) is 0. The summed E-state index contributed by atoms with van der Waals surface area (Å²) in [6, 6.07) is 10.6. The molecule has 2 bridgehead atoms. The van der Waals surface area contributed by atoms with Crippen molar-refractivity contribution in [2.75, 3.05) is 11.6 Å². The highest BCUT2D eigenvalue weighted by atomic mass is 79.9. The Balaban J connectivity index is 1.38. The van der Waals surface area contributed by atoms with Gasteiger partial charge in [0, 0.05) is 14.5 Å². The van der Waals surface area contributed by atoms with Crippen LogP contribution in [0.2, 0.25) is 5.02 Å². The molecule has 5 nitrogen and oxygen atoms in total. The van der Waals surface area contributed by atoms with Crippen molar-refractivity contribution in [1.29, 1.82) is 0 Å². The standard InChI is InChI=1S/C26H21Br2ClN2O3/c1-12-20(9-8-19(28)23(12)29)30(24(32)13-2-4-14(27)5-3-13)11-31-25(33)21-15-6-7-16(18-10-17(15)18)22(21)26(31)34/h2-9,15-18,21-22H,10-11H2,1H3. The number of carbonyl (C=O) groups excluding carboxylic acids is 3. The molecule has 0 spiro atoms. The van der Waals surface area contributed by atoms with E-state index >= 15 is 0 Å². The van der Waals surface area contributed by atoms with Crippen LogP contribution in [0.3, 0.4) is 0 Å². The van der Waals surface area contributed by atoms with Crippen LogP contribution in [0.5, 0.6) is 0 Å². The maximum absolute atomic E-state index is 13.7. The molecule has 0 aromatic heterocycles. The predicted octanol–water partition coefficient (Wildman–Crippen LogP) is 5.83. The number of benzene rings is 2. The van der Waals surface area contributed by atoms with Crippen molar-refractivity contribution in [2.24, 2.45) is 35.5 Å². The van der Waals surface area contributed by atoms with E-state index < -0.39 is 0 Å². The number of carbonyl (C=O) groups is 3. The summed E-state index contributed by atoms with van der Waals surface area (Å²) < 4.78 is 1.57. The zero-order valence-corrected chi connectivity index (χ0v) is 22.2. The topological polar surface area (TPSA) is 57.7 Å². The summed E-state index contributed by atoms with van der Waals surface area (Å²) in [5.74, 6) is 0.122. The Morgan fingerprint density at radius 2 is 1.59 bits per heavy atom. The fraction of sp³-hybridized carbons (Fsp3) is 0.346. The van der Waals surface area contributed by atoms with E-state index in [0.717, 1.165) is 10.9 Å². The Morgan fingerprint density at radius 3 is 2.18 bits per heavy atom. The van der Waals surface area contributed by atoms with Crippen molar-refractivity contribution in [3.63, 3.8) is 0 Å². The van der Waals surface area contributed by atoms with E-state index in [1.807, 2.05) is 6.92 Å². The second-order valence-corrected chi connectivity index (χ2v) is 11.8. The minimum Gasteiger partial charge on any atom is -0.289 e. The second kappa shape index (κ2) is 8.04. The summed E-state index contributed by atoms with van der Waals surface area (Å²) in [5.41, 5.74) is 1.72. The molecular formula is C26H21Br2ClN2O3. The number of hydrogen-bond acceptors (Lipinski definition) is 3. The van der Waals surface area contributed by atoms with Gasteiger partial charge in [-0.1, -0.05) is 39.7 Å². The van der Waals surface area contributed by atoms with Crippen molar-refractivity contribution >= 4 is 66.9 Å². The van der Waals surface area contributed by atoms with Crippen LogP contribution in [0.25, 0.3) is 0 Å². The lowest BCUT2D eigenvalue weighted by Crippen LogP contribution is -2.45. The van der Waals surface area contributed by atoms with Crippen LogP contribution in [0.15, 0.2) is 57.5 Å². The monoisotopic (exact) mass is 602 g/mol. The Kier molecular flexibility index (Phi) is 5.32. The van der Waals surface area contributed by atoms with E-state index in [4.69, 9.17) is 11.6 Å². The first-order valence-corrected chi connectivity index (χ1v) is 13.3. The van der Waals surface area contributed by atoms with Crippen molar-refractivity contribution < 1.29 is 14.4 Å². The Bertz CT molecular complexity index is 1240. The van der Waals surface area contributed by atoms with Gasteiger partial charge in [-0.3, -0.25) is 24.2 Å². The molecule has 174 valence electrons. The van der Waals surface area contributed by atoms with Crippen LogP contribution in [-0.2, 0) is 9.59 Å². The zero-order chi connectivity index (χ0) is 23.9. The number of hydrogen-bond donors (Lipinski definition) is 0. The highest BCUT2D eigenvalue weighted by Crippen LogP contribution is 2.65. The first-order chi connectivity index (χ1) is 16.3. The first-order valence-electron chi connectivity index (χ1n) is 11.3.